The van der Waals surface area contributed by atoms with Gasteiger partial charge in [-0.05, 0) is 42.4 Å². The number of carbonyl (C=O) groups excluding carboxylic acids is 1. The summed E-state index contributed by atoms with van der Waals surface area (Å²) in [5.41, 5.74) is 3.46. The molecular formula is C18H22N2O2. The molecule has 4 nitrogen and oxygen atoms in total. The zero-order valence-corrected chi connectivity index (χ0v) is 13.3. The van der Waals surface area contributed by atoms with Crippen molar-refractivity contribution < 1.29 is 9.32 Å². The molecule has 2 aromatic rings. The smallest absolute Gasteiger partial charge is 0.278 e. The number of aryl methyl sites for hydroxylation is 1. The second-order valence-electron chi connectivity index (χ2n) is 6.51. The van der Waals surface area contributed by atoms with Gasteiger partial charge in [-0.2, -0.15) is 0 Å². The summed E-state index contributed by atoms with van der Waals surface area (Å²) in [5, 5.41) is 6.90. The van der Waals surface area contributed by atoms with Gasteiger partial charge in [0.2, 0.25) is 0 Å². The Morgan fingerprint density at radius 1 is 1.32 bits per heavy atom. The van der Waals surface area contributed by atoms with Gasteiger partial charge in [0.25, 0.3) is 5.91 Å². The Kier molecular flexibility index (Phi) is 4.01. The Bertz CT molecular complexity index is 671. The third-order valence-electron chi connectivity index (χ3n) is 4.34. The summed E-state index contributed by atoms with van der Waals surface area (Å²) in [7, 11) is 0. The third kappa shape index (κ3) is 2.91. The molecule has 3 rings (SSSR count). The van der Waals surface area contributed by atoms with Crippen LogP contribution in [0.1, 0.15) is 60.5 Å². The Morgan fingerprint density at radius 3 is 2.73 bits per heavy atom. The molecule has 0 aliphatic heterocycles. The topological polar surface area (TPSA) is 55.1 Å². The Morgan fingerprint density at radius 2 is 2.05 bits per heavy atom. The average molecular weight is 298 g/mol. The number of amides is 1. The number of carbonyl (C=O) groups is 1. The first kappa shape index (κ1) is 14.8. The minimum absolute atomic E-state index is 0.184. The zero-order valence-electron chi connectivity index (χ0n) is 13.3. The van der Waals surface area contributed by atoms with Gasteiger partial charge < -0.3 is 9.84 Å². The SMILES string of the molecule is CC(C)c1ccc(NC(=O)c2noc3c2C[C@@H](C)CC3)cc1. The Balaban J connectivity index is 1.76. The van der Waals surface area contributed by atoms with E-state index in [0.29, 0.717) is 17.5 Å². The minimum atomic E-state index is -0.184. The van der Waals surface area contributed by atoms with Crippen molar-refractivity contribution >= 4 is 11.6 Å². The normalized spacial score (nSPS) is 17.4. The molecule has 1 aromatic heterocycles. The largest absolute Gasteiger partial charge is 0.360 e. The molecule has 1 aliphatic rings. The third-order valence-corrected chi connectivity index (χ3v) is 4.34. The monoisotopic (exact) mass is 298 g/mol. The molecule has 1 aliphatic carbocycles. The molecule has 0 spiro atoms. The first-order valence-electron chi connectivity index (χ1n) is 7.93. The Hall–Kier alpha value is -2.10. The summed E-state index contributed by atoms with van der Waals surface area (Å²) < 4.78 is 5.33. The van der Waals surface area contributed by atoms with Crippen LogP contribution in [0.4, 0.5) is 5.69 Å². The molecule has 4 heteroatoms. The van der Waals surface area contributed by atoms with Crippen LogP contribution < -0.4 is 5.32 Å². The van der Waals surface area contributed by atoms with Crippen molar-refractivity contribution in [1.29, 1.82) is 0 Å². The highest BCUT2D eigenvalue weighted by Gasteiger charge is 2.26. The number of hydrogen-bond acceptors (Lipinski definition) is 3. The number of nitrogens with one attached hydrogen (secondary N) is 1. The molecule has 0 unspecified atom stereocenters. The minimum Gasteiger partial charge on any atom is -0.360 e. The molecule has 0 saturated heterocycles. The van der Waals surface area contributed by atoms with Crippen molar-refractivity contribution in [3.05, 3.63) is 46.8 Å². The van der Waals surface area contributed by atoms with Crippen LogP contribution in [0.2, 0.25) is 0 Å². The molecular weight excluding hydrogens is 276 g/mol. The molecule has 0 saturated carbocycles. The summed E-state index contributed by atoms with van der Waals surface area (Å²) in [6.07, 6.45) is 2.84. The van der Waals surface area contributed by atoms with E-state index in [1.54, 1.807) is 0 Å². The fourth-order valence-electron chi connectivity index (χ4n) is 2.90. The van der Waals surface area contributed by atoms with Crippen molar-refractivity contribution in [3.63, 3.8) is 0 Å². The molecule has 0 fully saturated rings. The maximum Gasteiger partial charge on any atom is 0.278 e. The molecule has 0 radical (unpaired) electrons. The molecule has 0 bridgehead atoms. The Labute approximate surface area is 130 Å². The number of hydrogen-bond donors (Lipinski definition) is 1. The van der Waals surface area contributed by atoms with E-state index < -0.39 is 0 Å². The average Bonchev–Trinajstić information content (AvgIpc) is 2.90. The van der Waals surface area contributed by atoms with Gasteiger partial charge in [-0.1, -0.05) is 38.1 Å². The van der Waals surface area contributed by atoms with Crippen LogP contribution in [0.25, 0.3) is 0 Å². The fraction of sp³-hybridized carbons (Fsp3) is 0.444. The molecule has 22 heavy (non-hydrogen) atoms. The van der Waals surface area contributed by atoms with Gasteiger partial charge >= 0.3 is 0 Å². The lowest BCUT2D eigenvalue weighted by atomic mass is 9.88. The first-order chi connectivity index (χ1) is 10.5. The van der Waals surface area contributed by atoms with Crippen molar-refractivity contribution in [3.8, 4) is 0 Å². The van der Waals surface area contributed by atoms with Crippen molar-refractivity contribution in [2.75, 3.05) is 5.32 Å². The molecule has 1 atom stereocenters. The van der Waals surface area contributed by atoms with E-state index in [-0.39, 0.29) is 5.91 Å². The van der Waals surface area contributed by atoms with E-state index in [4.69, 9.17) is 4.52 Å². The van der Waals surface area contributed by atoms with E-state index in [9.17, 15) is 4.79 Å². The number of benzene rings is 1. The predicted molar refractivity (Wildman–Crippen MR) is 86.2 cm³/mol. The van der Waals surface area contributed by atoms with Crippen LogP contribution in [0.3, 0.4) is 0 Å². The molecule has 1 aromatic carbocycles. The number of aromatic nitrogens is 1. The van der Waals surface area contributed by atoms with Gasteiger partial charge in [-0.3, -0.25) is 4.79 Å². The molecule has 1 amide bonds. The van der Waals surface area contributed by atoms with Crippen molar-refractivity contribution in [2.45, 2.75) is 46.0 Å². The summed E-state index contributed by atoms with van der Waals surface area (Å²) in [6.45, 7) is 6.50. The quantitative estimate of drug-likeness (QED) is 0.925. The van der Waals surface area contributed by atoms with Crippen LogP contribution in [-0.2, 0) is 12.8 Å². The van der Waals surface area contributed by atoms with Gasteiger partial charge in [-0.15, -0.1) is 0 Å². The maximum absolute atomic E-state index is 12.4. The van der Waals surface area contributed by atoms with Gasteiger partial charge in [0.15, 0.2) is 5.69 Å². The zero-order chi connectivity index (χ0) is 15.7. The van der Waals surface area contributed by atoms with Gasteiger partial charge in [0.1, 0.15) is 5.76 Å². The van der Waals surface area contributed by atoms with E-state index in [1.807, 2.05) is 24.3 Å². The predicted octanol–water partition coefficient (Wildman–Crippen LogP) is 4.18. The summed E-state index contributed by atoms with van der Waals surface area (Å²) >= 11 is 0. The second kappa shape index (κ2) is 5.95. The van der Waals surface area contributed by atoms with Gasteiger partial charge in [0.05, 0.1) is 0 Å². The first-order valence-corrected chi connectivity index (χ1v) is 7.93. The fourth-order valence-corrected chi connectivity index (χ4v) is 2.90. The highest BCUT2D eigenvalue weighted by atomic mass is 16.5. The van der Waals surface area contributed by atoms with Crippen LogP contribution in [-0.4, -0.2) is 11.1 Å². The van der Waals surface area contributed by atoms with Crippen LogP contribution in [0, 0.1) is 5.92 Å². The second-order valence-corrected chi connectivity index (χ2v) is 6.51. The summed E-state index contributed by atoms with van der Waals surface area (Å²) in [5.74, 6) is 1.74. The molecule has 1 heterocycles. The van der Waals surface area contributed by atoms with Crippen molar-refractivity contribution in [2.24, 2.45) is 5.92 Å². The van der Waals surface area contributed by atoms with Crippen LogP contribution >= 0.6 is 0 Å². The van der Waals surface area contributed by atoms with E-state index in [0.717, 1.165) is 36.3 Å². The lowest BCUT2D eigenvalue weighted by Crippen LogP contribution is -2.17. The van der Waals surface area contributed by atoms with Crippen LogP contribution in [0.5, 0.6) is 0 Å². The lowest BCUT2D eigenvalue weighted by molar-refractivity contribution is 0.101. The summed E-state index contributed by atoms with van der Waals surface area (Å²) in [4.78, 5) is 12.4. The van der Waals surface area contributed by atoms with E-state index in [1.165, 1.54) is 5.56 Å². The lowest BCUT2D eigenvalue weighted by Gasteiger charge is -2.16. The van der Waals surface area contributed by atoms with Gasteiger partial charge in [0, 0.05) is 17.7 Å². The summed E-state index contributed by atoms with van der Waals surface area (Å²) in [6, 6.07) is 7.95. The standard InChI is InChI=1S/C18H22N2O2/c1-11(2)13-5-7-14(8-6-13)19-18(21)17-15-10-12(3)4-9-16(15)22-20-17/h5-8,11-12H,4,9-10H2,1-3H3,(H,19,21)/t12-/m0/s1. The molecule has 116 valence electrons. The van der Waals surface area contributed by atoms with E-state index in [2.05, 4.69) is 31.2 Å². The van der Waals surface area contributed by atoms with Crippen molar-refractivity contribution in [1.82, 2.24) is 5.16 Å². The van der Waals surface area contributed by atoms with Crippen LogP contribution in [0.15, 0.2) is 28.8 Å². The highest BCUT2D eigenvalue weighted by Crippen LogP contribution is 2.28. The molecule has 1 N–H and O–H groups in total. The van der Waals surface area contributed by atoms with E-state index >= 15 is 0 Å². The number of nitrogens with zero attached hydrogens (tertiary/aromatic N) is 1. The number of fused-ring (bicyclic) bond motifs is 1. The number of anilines is 1. The maximum atomic E-state index is 12.4. The number of rotatable bonds is 3. The van der Waals surface area contributed by atoms with Gasteiger partial charge in [-0.25, -0.2) is 0 Å². The highest BCUT2D eigenvalue weighted by molar-refractivity contribution is 6.03.